The molecule has 1 atom stereocenters. The first-order valence-corrected chi connectivity index (χ1v) is 20.2. The monoisotopic (exact) mass is 834 g/mol. The van der Waals surface area contributed by atoms with Crippen molar-refractivity contribution in [2.24, 2.45) is 13.0 Å². The van der Waals surface area contributed by atoms with Crippen molar-refractivity contribution in [3.8, 4) is 11.8 Å². The normalized spacial score (nSPS) is 18.7. The Morgan fingerprint density at radius 3 is 2.40 bits per heavy atom. The quantitative estimate of drug-likeness (QED) is 0.197. The summed E-state index contributed by atoms with van der Waals surface area (Å²) >= 11 is 6.64. The number of piperazine rings is 1. The number of carbonyl (C=O) groups is 5. The number of piperidine rings is 2. The van der Waals surface area contributed by atoms with E-state index in [1.165, 1.54) is 11.6 Å². The minimum absolute atomic E-state index is 0.0447. The molecule has 4 aliphatic rings. The van der Waals surface area contributed by atoms with E-state index in [1.54, 1.807) is 43.4 Å². The van der Waals surface area contributed by atoms with E-state index in [2.05, 4.69) is 36.7 Å². The van der Waals surface area contributed by atoms with Crippen molar-refractivity contribution in [2.75, 3.05) is 74.6 Å². The first-order valence-electron chi connectivity index (χ1n) is 19.8. The Hall–Kier alpha value is -6.51. The number of halogens is 1. The van der Waals surface area contributed by atoms with E-state index >= 15 is 0 Å². The third kappa shape index (κ3) is 7.83. The molecule has 4 aliphatic heterocycles. The largest absolute Gasteiger partial charge is 0.478 e. The zero-order valence-electron chi connectivity index (χ0n) is 33.1. The number of aryl methyl sites for hydroxylation is 1. The van der Waals surface area contributed by atoms with Crippen LogP contribution in [0.15, 0.2) is 53.3 Å². The highest BCUT2D eigenvalue weighted by atomic mass is 35.5. The van der Waals surface area contributed by atoms with Gasteiger partial charge in [-0.1, -0.05) is 11.6 Å². The third-order valence-corrected chi connectivity index (χ3v) is 12.0. The first kappa shape index (κ1) is 40.3. The van der Waals surface area contributed by atoms with Crippen LogP contribution in [-0.2, 0) is 21.4 Å². The minimum atomic E-state index is -0.997. The highest BCUT2D eigenvalue weighted by molar-refractivity contribution is 6.33. The number of benzene rings is 2. The van der Waals surface area contributed by atoms with Crippen molar-refractivity contribution in [1.29, 1.82) is 5.26 Å². The summed E-state index contributed by atoms with van der Waals surface area (Å²) in [5, 5.41) is 19.0. The fraction of sp³-hybridized carbons (Fsp3) is 0.381. The molecule has 4 aromatic rings. The number of imide groups is 2. The molecule has 17 nitrogen and oxygen atoms in total. The molecule has 1 unspecified atom stereocenters. The lowest BCUT2D eigenvalue weighted by Crippen LogP contribution is -2.54. The van der Waals surface area contributed by atoms with Gasteiger partial charge < -0.3 is 29.7 Å². The highest BCUT2D eigenvalue weighted by Gasteiger charge is 2.45. The molecule has 6 heterocycles. The van der Waals surface area contributed by atoms with Crippen molar-refractivity contribution < 1.29 is 28.7 Å². The van der Waals surface area contributed by atoms with Gasteiger partial charge in [0.1, 0.15) is 17.9 Å². The third-order valence-electron chi connectivity index (χ3n) is 11.8. The molecule has 0 saturated carbocycles. The Bertz CT molecular complexity index is 2540. The zero-order chi connectivity index (χ0) is 42.2. The van der Waals surface area contributed by atoms with Crippen LogP contribution in [0.1, 0.15) is 52.0 Å². The number of nitrogens with zero attached hydrogens (tertiary/aromatic N) is 7. The predicted octanol–water partition coefficient (Wildman–Crippen LogP) is 2.77. The van der Waals surface area contributed by atoms with E-state index in [1.807, 2.05) is 12.1 Å². The zero-order valence-corrected chi connectivity index (χ0v) is 33.9. The maximum Gasteiger partial charge on any atom is 0.293 e. The van der Waals surface area contributed by atoms with Crippen molar-refractivity contribution >= 4 is 75.1 Å². The molecule has 310 valence electrons. The van der Waals surface area contributed by atoms with Gasteiger partial charge in [-0.2, -0.15) is 5.26 Å². The van der Waals surface area contributed by atoms with Gasteiger partial charge in [-0.25, -0.2) is 4.98 Å². The molecule has 2 aromatic carbocycles. The van der Waals surface area contributed by atoms with Crippen LogP contribution < -0.4 is 36.0 Å². The number of nitrogens with one attached hydrogen (secondary N) is 3. The number of likely N-dealkylation sites (N-methyl/N-ethyl adjacent to an activating group) is 1. The van der Waals surface area contributed by atoms with E-state index in [4.69, 9.17) is 21.3 Å². The Kier molecular flexibility index (Phi) is 11.2. The Balaban J connectivity index is 0.871. The van der Waals surface area contributed by atoms with Crippen molar-refractivity contribution in [1.82, 2.24) is 30.0 Å². The lowest BCUT2D eigenvalue weighted by molar-refractivity contribution is -0.136. The Morgan fingerprint density at radius 1 is 0.933 bits per heavy atom. The van der Waals surface area contributed by atoms with Crippen molar-refractivity contribution in [2.45, 2.75) is 31.7 Å². The lowest BCUT2D eigenvalue weighted by Gasteiger charge is -2.40. The molecule has 0 spiro atoms. The smallest absolute Gasteiger partial charge is 0.293 e. The molecule has 0 aliphatic carbocycles. The van der Waals surface area contributed by atoms with Crippen LogP contribution in [0.3, 0.4) is 0 Å². The van der Waals surface area contributed by atoms with E-state index in [0.717, 1.165) is 56.2 Å². The van der Waals surface area contributed by atoms with E-state index < -0.39 is 29.7 Å². The number of nitriles is 1. The van der Waals surface area contributed by atoms with Gasteiger partial charge in [0, 0.05) is 83.1 Å². The molecule has 5 amide bonds. The van der Waals surface area contributed by atoms with Crippen LogP contribution in [0.4, 0.5) is 23.0 Å². The second kappa shape index (κ2) is 16.6. The lowest BCUT2D eigenvalue weighted by atomic mass is 9.95. The number of hydrogen-bond donors (Lipinski definition) is 3. The summed E-state index contributed by atoms with van der Waals surface area (Å²) in [6, 6.07) is 15.2. The summed E-state index contributed by atoms with van der Waals surface area (Å²) in [7, 11) is 3.12. The molecular weight excluding hydrogens is 792 g/mol. The van der Waals surface area contributed by atoms with Crippen LogP contribution >= 0.6 is 11.6 Å². The molecule has 0 radical (unpaired) electrons. The molecule has 0 bridgehead atoms. The standard InChI is InChI=1S/C42H43ClN10O7/c1-45-36(55)23-60-34-19-25-17-27(3-6-32(25)49(2)42(34)59)46-37-31(43)18-26(21-44)38(48-37)52-15-13-50(14-16-52)22-24-9-11-51(12-10-24)28-4-5-29-30(20-28)41(58)53(40(29)57)33-7-8-35(54)47-39(33)56/h3-6,17-20,24,33H,7-16,22-23H2,1-2H3,(H,45,55)(H,46,48)(H,47,54,56). The van der Waals surface area contributed by atoms with Crippen LogP contribution in [-0.4, -0.2) is 114 Å². The Labute approximate surface area is 349 Å². The molecule has 8 rings (SSSR count). The van der Waals surface area contributed by atoms with Gasteiger partial charge in [-0.15, -0.1) is 0 Å². The van der Waals surface area contributed by atoms with Gasteiger partial charge in [-0.3, -0.25) is 43.9 Å². The number of hydrogen-bond acceptors (Lipinski definition) is 13. The molecule has 2 aromatic heterocycles. The summed E-state index contributed by atoms with van der Waals surface area (Å²) in [6.07, 6.45) is 2.09. The van der Waals surface area contributed by atoms with E-state index in [0.29, 0.717) is 52.8 Å². The van der Waals surface area contributed by atoms with E-state index in [9.17, 15) is 34.0 Å². The average Bonchev–Trinajstić information content (AvgIpc) is 3.50. The van der Waals surface area contributed by atoms with Gasteiger partial charge >= 0.3 is 0 Å². The Morgan fingerprint density at radius 2 is 1.68 bits per heavy atom. The molecule has 3 N–H and O–H groups in total. The number of fused-ring (bicyclic) bond motifs is 2. The average molecular weight is 835 g/mol. The van der Waals surface area contributed by atoms with Gasteiger partial charge in [0.05, 0.1) is 27.2 Å². The SMILES string of the molecule is CNC(=O)COc1cc2cc(Nc3nc(N4CCN(CC5CCN(c6ccc7c(c6)C(=O)N(C6CCC(=O)NC6=O)C7=O)CC5)CC4)c(C#N)cc3Cl)ccc2n(C)c1=O. The first-order chi connectivity index (χ1) is 28.9. The molecular formula is C42H43ClN10O7. The number of carbonyl (C=O) groups excluding carboxylic acids is 5. The second-order valence-electron chi connectivity index (χ2n) is 15.4. The number of amides is 5. The van der Waals surface area contributed by atoms with Gasteiger partial charge in [0.2, 0.25) is 11.8 Å². The van der Waals surface area contributed by atoms with Gasteiger partial charge in [-0.05, 0) is 73.7 Å². The summed E-state index contributed by atoms with van der Waals surface area (Å²) in [5.41, 5.74) is 2.73. The van der Waals surface area contributed by atoms with Crippen LogP contribution in [0.25, 0.3) is 10.9 Å². The van der Waals surface area contributed by atoms with Crippen molar-refractivity contribution in [3.05, 3.63) is 80.6 Å². The number of pyridine rings is 2. The topological polar surface area (TPSA) is 202 Å². The maximum absolute atomic E-state index is 13.4. The van der Waals surface area contributed by atoms with E-state index in [-0.39, 0.29) is 52.8 Å². The van der Waals surface area contributed by atoms with Gasteiger partial charge in [0.15, 0.2) is 18.2 Å². The summed E-state index contributed by atoms with van der Waals surface area (Å²) in [6.45, 7) is 5.14. The maximum atomic E-state index is 13.4. The van der Waals surface area contributed by atoms with Crippen LogP contribution in [0, 0.1) is 17.2 Å². The van der Waals surface area contributed by atoms with Crippen molar-refractivity contribution in [3.63, 3.8) is 0 Å². The van der Waals surface area contributed by atoms with Crippen LogP contribution in [0.2, 0.25) is 5.02 Å². The number of anilines is 4. The number of aromatic nitrogens is 2. The summed E-state index contributed by atoms with van der Waals surface area (Å²) in [4.78, 5) is 87.8. The minimum Gasteiger partial charge on any atom is -0.478 e. The summed E-state index contributed by atoms with van der Waals surface area (Å²) in [5.74, 6) is -0.978. The van der Waals surface area contributed by atoms with Gasteiger partial charge in [0.25, 0.3) is 23.3 Å². The summed E-state index contributed by atoms with van der Waals surface area (Å²) < 4.78 is 6.96. The number of rotatable bonds is 10. The molecule has 3 saturated heterocycles. The van der Waals surface area contributed by atoms with Crippen LogP contribution in [0.5, 0.6) is 5.75 Å². The molecule has 60 heavy (non-hydrogen) atoms. The molecule has 18 heteroatoms. The predicted molar refractivity (Wildman–Crippen MR) is 223 cm³/mol. The fourth-order valence-corrected chi connectivity index (χ4v) is 8.61. The second-order valence-corrected chi connectivity index (χ2v) is 15.8. The highest BCUT2D eigenvalue weighted by Crippen LogP contribution is 2.34. The number of ether oxygens (including phenoxy) is 1. The fourth-order valence-electron chi connectivity index (χ4n) is 8.41. The molecule has 3 fully saturated rings.